The van der Waals surface area contributed by atoms with E-state index >= 15 is 0 Å². The average Bonchev–Trinajstić information content (AvgIpc) is 3.13. The van der Waals surface area contributed by atoms with Crippen molar-refractivity contribution in [2.45, 2.75) is 39.2 Å². The van der Waals surface area contributed by atoms with E-state index in [2.05, 4.69) is 47.4 Å². The molecule has 0 aromatic carbocycles. The van der Waals surface area contributed by atoms with E-state index in [1.165, 1.54) is 24.1 Å². The van der Waals surface area contributed by atoms with E-state index in [1.807, 2.05) is 18.8 Å². The summed E-state index contributed by atoms with van der Waals surface area (Å²) in [5.41, 5.74) is 2.45. The van der Waals surface area contributed by atoms with Crippen LogP contribution in [0.4, 0.5) is 0 Å². The van der Waals surface area contributed by atoms with Crippen molar-refractivity contribution in [3.63, 3.8) is 0 Å². The van der Waals surface area contributed by atoms with Crippen molar-refractivity contribution in [3.8, 4) is 0 Å². The van der Waals surface area contributed by atoms with E-state index in [4.69, 9.17) is 0 Å². The normalized spacial score (nSPS) is 15.8. The second kappa shape index (κ2) is 6.29. The Balaban J connectivity index is 1.99. The molecule has 0 radical (unpaired) electrons. The monoisotopic (exact) mass is 277 g/mol. The van der Waals surface area contributed by atoms with E-state index in [0.717, 1.165) is 25.0 Å². The van der Waals surface area contributed by atoms with Crippen LogP contribution in [0.5, 0.6) is 0 Å². The van der Waals surface area contributed by atoms with Crippen molar-refractivity contribution >= 4 is 5.96 Å². The number of nitrogens with zero attached hydrogens (tertiary/aromatic N) is 4. The molecular formula is C15H27N5. The Labute approximate surface area is 122 Å². The Morgan fingerprint density at radius 1 is 1.55 bits per heavy atom. The summed E-state index contributed by atoms with van der Waals surface area (Å²) in [5, 5.41) is 8.02. The minimum atomic E-state index is 0.445. The second-order valence-corrected chi connectivity index (χ2v) is 6.10. The van der Waals surface area contributed by atoms with Gasteiger partial charge >= 0.3 is 0 Å². The zero-order chi connectivity index (χ0) is 14.7. The molecular weight excluding hydrogens is 250 g/mol. The van der Waals surface area contributed by atoms with Gasteiger partial charge in [0.05, 0.1) is 5.69 Å². The summed E-state index contributed by atoms with van der Waals surface area (Å²) < 4.78 is 1.90. The predicted molar refractivity (Wildman–Crippen MR) is 82.8 cm³/mol. The number of nitrogens with one attached hydrogen (secondary N) is 1. The van der Waals surface area contributed by atoms with Crippen molar-refractivity contribution in [3.05, 3.63) is 17.5 Å². The van der Waals surface area contributed by atoms with Gasteiger partial charge in [-0.25, -0.2) is 0 Å². The minimum absolute atomic E-state index is 0.445. The zero-order valence-corrected chi connectivity index (χ0v) is 13.3. The summed E-state index contributed by atoms with van der Waals surface area (Å²) in [6, 6.07) is 0. The van der Waals surface area contributed by atoms with E-state index in [0.29, 0.717) is 5.92 Å². The maximum absolute atomic E-state index is 4.56. The molecule has 112 valence electrons. The smallest absolute Gasteiger partial charge is 0.193 e. The van der Waals surface area contributed by atoms with Crippen LogP contribution in [0.3, 0.4) is 0 Å². The Hall–Kier alpha value is -1.52. The molecule has 20 heavy (non-hydrogen) atoms. The molecule has 2 rings (SSSR count). The Morgan fingerprint density at radius 3 is 2.80 bits per heavy atom. The number of aliphatic imine (C=N–C) groups is 1. The molecule has 1 N–H and O–H groups in total. The van der Waals surface area contributed by atoms with E-state index in [9.17, 15) is 0 Å². The van der Waals surface area contributed by atoms with Gasteiger partial charge in [-0.3, -0.25) is 9.67 Å². The third-order valence-corrected chi connectivity index (χ3v) is 3.71. The van der Waals surface area contributed by atoms with Gasteiger partial charge in [0.25, 0.3) is 0 Å². The lowest BCUT2D eigenvalue weighted by molar-refractivity contribution is 0.471. The Kier molecular flexibility index (Phi) is 4.68. The summed E-state index contributed by atoms with van der Waals surface area (Å²) in [6.07, 6.45) is 4.82. The molecule has 1 aliphatic carbocycles. The second-order valence-electron chi connectivity index (χ2n) is 6.10. The molecule has 0 aliphatic heterocycles. The average molecular weight is 277 g/mol. The molecule has 1 fully saturated rings. The van der Waals surface area contributed by atoms with Gasteiger partial charge in [0.2, 0.25) is 0 Å². The van der Waals surface area contributed by atoms with Gasteiger partial charge in [0.15, 0.2) is 5.96 Å². The number of hydrogen-bond donors (Lipinski definition) is 1. The first-order chi connectivity index (χ1) is 9.51. The number of aromatic nitrogens is 2. The van der Waals surface area contributed by atoms with Crippen LogP contribution in [-0.4, -0.2) is 41.3 Å². The van der Waals surface area contributed by atoms with Gasteiger partial charge in [0.1, 0.15) is 0 Å². The summed E-state index contributed by atoms with van der Waals surface area (Å²) >= 11 is 0. The predicted octanol–water partition coefficient (Wildman–Crippen LogP) is 1.96. The van der Waals surface area contributed by atoms with Gasteiger partial charge in [-0.05, 0) is 24.7 Å². The molecule has 0 atom stereocenters. The Morgan fingerprint density at radius 2 is 2.25 bits per heavy atom. The molecule has 1 heterocycles. The van der Waals surface area contributed by atoms with Crippen molar-refractivity contribution < 1.29 is 0 Å². The summed E-state index contributed by atoms with van der Waals surface area (Å²) in [6.45, 7) is 6.25. The van der Waals surface area contributed by atoms with Gasteiger partial charge < -0.3 is 10.2 Å². The lowest BCUT2D eigenvalue weighted by Crippen LogP contribution is -2.39. The third kappa shape index (κ3) is 3.74. The largest absolute Gasteiger partial charge is 0.356 e. The summed E-state index contributed by atoms with van der Waals surface area (Å²) in [7, 11) is 5.91. The van der Waals surface area contributed by atoms with Gasteiger partial charge in [-0.2, -0.15) is 5.10 Å². The van der Waals surface area contributed by atoms with E-state index in [-0.39, 0.29) is 0 Å². The van der Waals surface area contributed by atoms with Crippen LogP contribution in [0.15, 0.2) is 11.2 Å². The van der Waals surface area contributed by atoms with E-state index < -0.39 is 0 Å². The maximum Gasteiger partial charge on any atom is 0.193 e. The molecule has 0 amide bonds. The van der Waals surface area contributed by atoms with Crippen LogP contribution < -0.4 is 5.32 Å². The highest BCUT2D eigenvalue weighted by molar-refractivity contribution is 5.79. The van der Waals surface area contributed by atoms with Crippen LogP contribution in [0.25, 0.3) is 0 Å². The minimum Gasteiger partial charge on any atom is -0.356 e. The number of guanidine groups is 1. The molecule has 1 aromatic heterocycles. The highest BCUT2D eigenvalue weighted by atomic mass is 15.3. The van der Waals surface area contributed by atoms with Crippen LogP contribution in [0, 0.1) is 5.92 Å². The molecule has 0 unspecified atom stereocenters. The fourth-order valence-electron chi connectivity index (χ4n) is 2.44. The number of rotatable bonds is 5. The van der Waals surface area contributed by atoms with Crippen LogP contribution >= 0.6 is 0 Å². The van der Waals surface area contributed by atoms with Crippen molar-refractivity contribution in [2.75, 3.05) is 20.6 Å². The quantitative estimate of drug-likeness (QED) is 0.661. The number of hydrogen-bond acceptors (Lipinski definition) is 2. The highest BCUT2D eigenvalue weighted by Crippen LogP contribution is 2.27. The first-order valence-electron chi connectivity index (χ1n) is 7.45. The van der Waals surface area contributed by atoms with Gasteiger partial charge in [-0.1, -0.05) is 13.8 Å². The standard InChI is InChI=1S/C15H27N5/c1-11(2)14-13(10-20(5)18-14)9-19(4)15(16-3)17-8-12-6-7-12/h10-12H,6-9H2,1-5H3,(H,16,17). The van der Waals surface area contributed by atoms with Crippen molar-refractivity contribution in [1.29, 1.82) is 0 Å². The number of aryl methyl sites for hydroxylation is 1. The fraction of sp³-hybridized carbons (Fsp3) is 0.733. The lowest BCUT2D eigenvalue weighted by atomic mass is 10.1. The topological polar surface area (TPSA) is 45.5 Å². The van der Waals surface area contributed by atoms with E-state index in [1.54, 1.807) is 0 Å². The van der Waals surface area contributed by atoms with Gasteiger partial charge in [0, 0.05) is 46.0 Å². The zero-order valence-electron chi connectivity index (χ0n) is 13.3. The first-order valence-corrected chi connectivity index (χ1v) is 7.45. The van der Waals surface area contributed by atoms with Crippen LogP contribution in [0.2, 0.25) is 0 Å². The molecule has 5 nitrogen and oxygen atoms in total. The summed E-state index contributed by atoms with van der Waals surface area (Å²) in [4.78, 5) is 6.54. The maximum atomic E-state index is 4.56. The van der Waals surface area contributed by atoms with Crippen molar-refractivity contribution in [2.24, 2.45) is 18.0 Å². The SMILES string of the molecule is CN=C(NCC1CC1)N(C)Cc1cn(C)nc1C(C)C. The summed E-state index contributed by atoms with van der Waals surface area (Å²) in [5.74, 6) is 2.27. The molecule has 1 aliphatic rings. The molecule has 0 bridgehead atoms. The molecule has 0 saturated heterocycles. The Bertz CT molecular complexity index is 471. The lowest BCUT2D eigenvalue weighted by Gasteiger charge is -2.22. The van der Waals surface area contributed by atoms with Gasteiger partial charge in [-0.15, -0.1) is 0 Å². The fourth-order valence-corrected chi connectivity index (χ4v) is 2.44. The molecule has 0 spiro atoms. The third-order valence-electron chi connectivity index (χ3n) is 3.71. The highest BCUT2D eigenvalue weighted by Gasteiger charge is 2.22. The molecule has 1 aromatic rings. The van der Waals surface area contributed by atoms with Crippen LogP contribution in [-0.2, 0) is 13.6 Å². The molecule has 5 heteroatoms. The van der Waals surface area contributed by atoms with Crippen molar-refractivity contribution in [1.82, 2.24) is 20.0 Å². The van der Waals surface area contributed by atoms with Crippen LogP contribution in [0.1, 0.15) is 43.9 Å². The first kappa shape index (κ1) is 14.9. The molecule has 1 saturated carbocycles.